The van der Waals surface area contributed by atoms with Crippen molar-refractivity contribution in [2.24, 2.45) is 5.73 Å². The average Bonchev–Trinajstić information content (AvgIpc) is 2.81. The monoisotopic (exact) mass is 468 g/mol. The van der Waals surface area contributed by atoms with Gasteiger partial charge in [0, 0.05) is 26.6 Å². The van der Waals surface area contributed by atoms with Gasteiger partial charge in [-0.3, -0.25) is 4.90 Å². The second-order valence-electron chi connectivity index (χ2n) is 8.50. The number of rotatable bonds is 10. The molecule has 6 heteroatoms. The minimum Gasteiger partial charge on any atom is -0.477 e. The summed E-state index contributed by atoms with van der Waals surface area (Å²) in [4.78, 5) is 11.8. The van der Waals surface area contributed by atoms with E-state index in [-0.39, 0.29) is 0 Å². The van der Waals surface area contributed by atoms with Gasteiger partial charge in [-0.25, -0.2) is 4.79 Å². The molecule has 0 aliphatic heterocycles. The van der Waals surface area contributed by atoms with E-state index in [0.29, 0.717) is 13.5 Å². The molecule has 0 bridgehead atoms. The van der Waals surface area contributed by atoms with Crippen molar-refractivity contribution in [2.75, 3.05) is 6.54 Å². The summed E-state index contributed by atoms with van der Waals surface area (Å²) in [7, 11) is 0. The number of benzene rings is 3. The van der Waals surface area contributed by atoms with Crippen molar-refractivity contribution in [3.05, 3.63) is 107 Å². The molecule has 3 aromatic rings. The quantitative estimate of drug-likeness (QED) is 0.394. The largest absolute Gasteiger partial charge is 0.477 e. The number of nitrogens with two attached hydrogens (primary N) is 1. The van der Waals surface area contributed by atoms with E-state index in [1.54, 1.807) is 0 Å². The number of carboxylic acids is 1. The molecule has 0 heterocycles. The zero-order valence-electron chi connectivity index (χ0n) is 19.9. The first-order valence-corrected chi connectivity index (χ1v) is 11.4. The number of hydrogen-bond donors (Lipinski definition) is 2. The normalized spacial score (nSPS) is 11.1. The van der Waals surface area contributed by atoms with E-state index in [0.717, 1.165) is 32.5 Å². The number of aliphatic carboxylic acids is 1. The Bertz CT molecular complexity index is 1000. The van der Waals surface area contributed by atoms with Crippen molar-refractivity contribution >= 4 is 5.97 Å². The van der Waals surface area contributed by atoms with Gasteiger partial charge in [0.2, 0.25) is 0 Å². The molecule has 3 N–H and O–H groups in total. The maximum Gasteiger partial charge on any atom is 0.374 e. The van der Waals surface area contributed by atoms with Gasteiger partial charge in [-0.05, 0) is 48.6 Å². The van der Waals surface area contributed by atoms with Gasteiger partial charge in [-0.1, -0.05) is 84.4 Å². The minimum absolute atomic E-state index is 0.329. The first-order valence-electron chi connectivity index (χ1n) is 11.4. The summed E-state index contributed by atoms with van der Waals surface area (Å²) < 4.78 is 22.5. The summed E-state index contributed by atoms with van der Waals surface area (Å²) in [5.41, 5.74) is 12.5. The van der Waals surface area contributed by atoms with Crippen LogP contribution < -0.4 is 5.73 Å². The first kappa shape index (κ1) is 27.2. The lowest BCUT2D eigenvalue weighted by atomic mass is 10.1. The van der Waals surface area contributed by atoms with E-state index in [1.165, 1.54) is 27.8 Å². The van der Waals surface area contributed by atoms with Crippen LogP contribution in [0.1, 0.15) is 41.2 Å². The van der Waals surface area contributed by atoms with E-state index < -0.39 is 11.9 Å². The van der Waals surface area contributed by atoms with E-state index in [4.69, 9.17) is 10.8 Å². The van der Waals surface area contributed by atoms with Crippen LogP contribution in [0.2, 0.25) is 0 Å². The van der Waals surface area contributed by atoms with Gasteiger partial charge in [0.25, 0.3) is 0 Å². The molecule has 0 spiro atoms. The van der Waals surface area contributed by atoms with Crippen LogP contribution >= 0.6 is 0 Å². The Balaban J connectivity index is 0.000000509. The van der Waals surface area contributed by atoms with Crippen LogP contribution in [0.3, 0.4) is 0 Å². The number of hydrogen-bond acceptors (Lipinski definition) is 3. The topological polar surface area (TPSA) is 66.6 Å². The van der Waals surface area contributed by atoms with E-state index in [2.05, 4.69) is 90.7 Å². The predicted octanol–water partition coefficient (Wildman–Crippen LogP) is 5.81. The molecule has 0 aliphatic carbocycles. The molecule has 3 aromatic carbocycles. The number of halogens is 2. The fourth-order valence-corrected chi connectivity index (χ4v) is 3.43. The molecule has 0 aliphatic rings. The second-order valence-corrected chi connectivity index (χ2v) is 8.50. The van der Waals surface area contributed by atoms with Crippen LogP contribution in [0.25, 0.3) is 0 Å². The summed E-state index contributed by atoms with van der Waals surface area (Å²) in [6.07, 6.45) is 2.28. The van der Waals surface area contributed by atoms with Crippen LogP contribution in [0.15, 0.2) is 78.9 Å². The van der Waals surface area contributed by atoms with Crippen LogP contribution in [-0.2, 0) is 30.8 Å². The molecule has 3 rings (SSSR count). The minimum atomic E-state index is -3.58. The third-order valence-corrected chi connectivity index (χ3v) is 5.32. The van der Waals surface area contributed by atoms with Gasteiger partial charge < -0.3 is 10.8 Å². The van der Waals surface area contributed by atoms with Crippen molar-refractivity contribution < 1.29 is 18.7 Å². The highest BCUT2D eigenvalue weighted by atomic mass is 19.3. The molecule has 0 atom stereocenters. The number of nitrogens with zero attached hydrogens (tertiary/aromatic N) is 1. The third kappa shape index (κ3) is 10.2. The van der Waals surface area contributed by atoms with Gasteiger partial charge in [0.15, 0.2) is 0 Å². The standard InChI is InChI=1S/C25H30N2.C3H4F2O2/c1-21-12-14-23(15-13-21)19-27(16-6-11-22-7-3-2-4-8-22)20-25-10-5-9-24(17-25)18-26;1-3(4,5)2(6)7/h2-5,7-10,12-15,17H,6,11,16,18-20,26H2,1H3;1H3,(H,6,7). The molecular formula is C28H34F2N2O2. The number of aryl methyl sites for hydroxylation is 2. The van der Waals surface area contributed by atoms with Crippen molar-refractivity contribution in [1.29, 1.82) is 0 Å². The van der Waals surface area contributed by atoms with Crippen LogP contribution in [0.4, 0.5) is 8.78 Å². The first-order chi connectivity index (χ1) is 16.2. The lowest BCUT2D eigenvalue weighted by molar-refractivity contribution is -0.161. The SMILES string of the molecule is CC(F)(F)C(=O)O.Cc1ccc(CN(CCCc2ccccc2)Cc2cccc(CN)c2)cc1. The van der Waals surface area contributed by atoms with Crippen LogP contribution in [-0.4, -0.2) is 28.4 Å². The number of carbonyl (C=O) groups is 1. The zero-order valence-corrected chi connectivity index (χ0v) is 19.9. The molecule has 0 amide bonds. The van der Waals surface area contributed by atoms with E-state index in [1.807, 2.05) is 0 Å². The number of alkyl halides is 2. The molecule has 0 saturated carbocycles. The van der Waals surface area contributed by atoms with Crippen molar-refractivity contribution in [2.45, 2.75) is 52.2 Å². The lowest BCUT2D eigenvalue weighted by Gasteiger charge is -2.23. The molecular weight excluding hydrogens is 434 g/mol. The van der Waals surface area contributed by atoms with Gasteiger partial charge in [0.1, 0.15) is 0 Å². The highest BCUT2D eigenvalue weighted by molar-refractivity contribution is 5.74. The van der Waals surface area contributed by atoms with Gasteiger partial charge >= 0.3 is 11.9 Å². The molecule has 4 nitrogen and oxygen atoms in total. The van der Waals surface area contributed by atoms with Gasteiger partial charge in [0.05, 0.1) is 0 Å². The molecule has 0 unspecified atom stereocenters. The van der Waals surface area contributed by atoms with Crippen LogP contribution in [0.5, 0.6) is 0 Å². The summed E-state index contributed by atoms with van der Waals surface area (Å²) in [6.45, 7) is 6.07. The summed E-state index contributed by atoms with van der Waals surface area (Å²) in [6, 6.07) is 28.3. The molecule has 0 fully saturated rings. The molecule has 34 heavy (non-hydrogen) atoms. The predicted molar refractivity (Wildman–Crippen MR) is 133 cm³/mol. The van der Waals surface area contributed by atoms with Gasteiger partial charge in [-0.2, -0.15) is 8.78 Å². The fraction of sp³-hybridized carbons (Fsp3) is 0.321. The van der Waals surface area contributed by atoms with Crippen molar-refractivity contribution in [1.82, 2.24) is 4.90 Å². The Morgan fingerprint density at radius 1 is 0.882 bits per heavy atom. The Kier molecular flexibility index (Phi) is 10.8. The smallest absolute Gasteiger partial charge is 0.374 e. The van der Waals surface area contributed by atoms with Crippen molar-refractivity contribution in [3.8, 4) is 0 Å². The van der Waals surface area contributed by atoms with Crippen LogP contribution in [0, 0.1) is 6.92 Å². The molecule has 0 saturated heterocycles. The second kappa shape index (κ2) is 13.6. The van der Waals surface area contributed by atoms with Gasteiger partial charge in [-0.15, -0.1) is 0 Å². The molecule has 0 radical (unpaired) electrons. The fourth-order valence-electron chi connectivity index (χ4n) is 3.43. The summed E-state index contributed by atoms with van der Waals surface area (Å²) >= 11 is 0. The third-order valence-electron chi connectivity index (χ3n) is 5.32. The highest BCUT2D eigenvalue weighted by Gasteiger charge is 2.31. The summed E-state index contributed by atoms with van der Waals surface area (Å²) in [5, 5.41) is 7.50. The van der Waals surface area contributed by atoms with Crippen molar-refractivity contribution in [3.63, 3.8) is 0 Å². The lowest BCUT2D eigenvalue weighted by Crippen LogP contribution is -2.24. The Labute approximate surface area is 201 Å². The Morgan fingerprint density at radius 3 is 2.03 bits per heavy atom. The Morgan fingerprint density at radius 2 is 1.44 bits per heavy atom. The Hall–Kier alpha value is -3.09. The number of carboxylic acid groups (broad SMARTS) is 1. The molecule has 182 valence electrons. The average molecular weight is 469 g/mol. The molecule has 0 aromatic heterocycles. The van der Waals surface area contributed by atoms with E-state index >= 15 is 0 Å². The maximum absolute atomic E-state index is 11.2. The highest BCUT2D eigenvalue weighted by Crippen LogP contribution is 2.14. The maximum atomic E-state index is 11.2. The van der Waals surface area contributed by atoms with E-state index in [9.17, 15) is 13.6 Å². The summed E-state index contributed by atoms with van der Waals surface area (Å²) in [5.74, 6) is -5.67. The zero-order chi connectivity index (χ0) is 25.0.